The second-order valence-electron chi connectivity index (χ2n) is 4.92. The lowest BCUT2D eigenvalue weighted by Gasteiger charge is -2.03. The van der Waals surface area contributed by atoms with Crippen LogP contribution in [0.4, 0.5) is 0 Å². The summed E-state index contributed by atoms with van der Waals surface area (Å²) in [5.74, 6) is 0. The summed E-state index contributed by atoms with van der Waals surface area (Å²) >= 11 is 7.48. The van der Waals surface area contributed by atoms with Gasteiger partial charge < -0.3 is 0 Å². The van der Waals surface area contributed by atoms with E-state index < -0.39 is 0 Å². The Labute approximate surface area is 148 Å². The largest absolute Gasteiger partial charge is 0.261 e. The van der Waals surface area contributed by atoms with Crippen LogP contribution >= 0.6 is 22.9 Å². The first-order chi connectivity index (χ1) is 11.7. The lowest BCUT2D eigenvalue weighted by Crippen LogP contribution is -2.11. The molecule has 1 heterocycles. The minimum atomic E-state index is 0.626. The maximum Gasteiger partial charge on any atom is 0.205 e. The molecule has 1 aromatic heterocycles. The number of thiazole rings is 1. The minimum Gasteiger partial charge on any atom is -0.261 e. The Hall–Kier alpha value is -2.68. The van der Waals surface area contributed by atoms with E-state index >= 15 is 0 Å². The van der Waals surface area contributed by atoms with Crippen LogP contribution < -0.4 is 4.80 Å². The van der Waals surface area contributed by atoms with Gasteiger partial charge in [0.25, 0.3) is 0 Å². The Morgan fingerprint density at radius 2 is 1.83 bits per heavy atom. The fourth-order valence-electron chi connectivity index (χ4n) is 2.15. The third-order valence-electron chi connectivity index (χ3n) is 3.38. The summed E-state index contributed by atoms with van der Waals surface area (Å²) in [6.07, 6.45) is 1.75. The number of benzene rings is 2. The van der Waals surface area contributed by atoms with Gasteiger partial charge >= 0.3 is 0 Å². The SMILES string of the molecule is CN=c1scc(-c2ccc(Cl)cc2)n1/N=C\c1ccc(C#N)cc1. The van der Waals surface area contributed by atoms with Crippen molar-refractivity contribution in [3.8, 4) is 17.3 Å². The van der Waals surface area contributed by atoms with Crippen molar-refractivity contribution in [2.24, 2.45) is 10.1 Å². The highest BCUT2D eigenvalue weighted by atomic mass is 35.5. The Morgan fingerprint density at radius 1 is 1.12 bits per heavy atom. The predicted octanol–water partition coefficient (Wildman–Crippen LogP) is 4.15. The molecular formula is C18H13ClN4S. The van der Waals surface area contributed by atoms with Crippen molar-refractivity contribution in [3.05, 3.63) is 74.9 Å². The van der Waals surface area contributed by atoms with Gasteiger partial charge in [-0.2, -0.15) is 10.4 Å². The number of rotatable bonds is 3. The molecule has 0 aliphatic carbocycles. The number of hydrogen-bond acceptors (Lipinski definition) is 4. The summed E-state index contributed by atoms with van der Waals surface area (Å²) in [6, 6.07) is 17.0. The molecule has 3 aromatic rings. The number of hydrogen-bond donors (Lipinski definition) is 0. The van der Waals surface area contributed by atoms with Gasteiger partial charge in [-0.1, -0.05) is 35.9 Å². The fraction of sp³-hybridized carbons (Fsp3) is 0.0556. The van der Waals surface area contributed by atoms with Crippen LogP contribution in [0.5, 0.6) is 0 Å². The van der Waals surface area contributed by atoms with Gasteiger partial charge in [0.2, 0.25) is 4.80 Å². The summed E-state index contributed by atoms with van der Waals surface area (Å²) < 4.78 is 1.80. The van der Waals surface area contributed by atoms with Crippen LogP contribution in [0.3, 0.4) is 0 Å². The maximum absolute atomic E-state index is 8.85. The van der Waals surface area contributed by atoms with Crippen molar-refractivity contribution in [1.82, 2.24) is 4.68 Å². The molecule has 0 atom stereocenters. The van der Waals surface area contributed by atoms with E-state index in [-0.39, 0.29) is 0 Å². The van der Waals surface area contributed by atoms with Crippen molar-refractivity contribution in [1.29, 1.82) is 5.26 Å². The van der Waals surface area contributed by atoms with Crippen LogP contribution in [-0.4, -0.2) is 17.9 Å². The van der Waals surface area contributed by atoms with Crippen molar-refractivity contribution < 1.29 is 0 Å². The van der Waals surface area contributed by atoms with Gasteiger partial charge in [0.15, 0.2) is 0 Å². The summed E-state index contributed by atoms with van der Waals surface area (Å²) in [4.78, 5) is 5.07. The van der Waals surface area contributed by atoms with E-state index in [0.717, 1.165) is 21.6 Å². The Balaban J connectivity index is 2.00. The average Bonchev–Trinajstić information content (AvgIpc) is 3.04. The number of nitrogens with zero attached hydrogens (tertiary/aromatic N) is 4. The van der Waals surface area contributed by atoms with E-state index in [0.29, 0.717) is 10.6 Å². The molecule has 0 fully saturated rings. The first kappa shape index (κ1) is 16.2. The monoisotopic (exact) mass is 352 g/mol. The van der Waals surface area contributed by atoms with Crippen molar-refractivity contribution >= 4 is 29.2 Å². The lowest BCUT2D eigenvalue weighted by molar-refractivity contribution is 0.848. The summed E-state index contributed by atoms with van der Waals surface area (Å²) in [6.45, 7) is 0. The summed E-state index contributed by atoms with van der Waals surface area (Å²) in [5, 5.41) is 16.1. The second-order valence-corrected chi connectivity index (χ2v) is 6.20. The lowest BCUT2D eigenvalue weighted by atomic mass is 10.2. The molecule has 0 aliphatic heterocycles. The predicted molar refractivity (Wildman–Crippen MR) is 98.4 cm³/mol. The van der Waals surface area contributed by atoms with Crippen molar-refractivity contribution in [2.45, 2.75) is 0 Å². The van der Waals surface area contributed by atoms with Crippen LogP contribution in [0.1, 0.15) is 11.1 Å². The third kappa shape index (κ3) is 3.46. The molecule has 0 N–H and O–H groups in total. The Morgan fingerprint density at radius 3 is 2.46 bits per heavy atom. The molecule has 0 saturated heterocycles. The molecule has 2 aromatic carbocycles. The first-order valence-electron chi connectivity index (χ1n) is 7.15. The van der Waals surface area contributed by atoms with Gasteiger partial charge in [0.1, 0.15) is 0 Å². The highest BCUT2D eigenvalue weighted by molar-refractivity contribution is 7.07. The van der Waals surface area contributed by atoms with E-state index in [1.165, 1.54) is 11.3 Å². The molecule has 4 nitrogen and oxygen atoms in total. The van der Waals surface area contributed by atoms with Gasteiger partial charge in [-0.15, -0.1) is 11.3 Å². The van der Waals surface area contributed by atoms with E-state index in [2.05, 4.69) is 16.2 Å². The molecule has 0 unspecified atom stereocenters. The molecule has 0 bridgehead atoms. The molecule has 0 saturated carbocycles. The van der Waals surface area contributed by atoms with Gasteiger partial charge in [-0.05, 0) is 29.8 Å². The highest BCUT2D eigenvalue weighted by Crippen LogP contribution is 2.22. The molecule has 3 rings (SSSR count). The van der Waals surface area contributed by atoms with Crippen molar-refractivity contribution in [3.63, 3.8) is 0 Å². The highest BCUT2D eigenvalue weighted by Gasteiger charge is 2.06. The molecule has 0 radical (unpaired) electrons. The normalized spacial score (nSPS) is 11.8. The second kappa shape index (κ2) is 7.26. The van der Waals surface area contributed by atoms with Crippen LogP contribution in [0.15, 0.2) is 64.0 Å². The first-order valence-corrected chi connectivity index (χ1v) is 8.41. The zero-order chi connectivity index (χ0) is 16.9. The number of halogens is 1. The Kier molecular flexibility index (Phi) is 4.90. The number of nitriles is 1. The van der Waals surface area contributed by atoms with Crippen molar-refractivity contribution in [2.75, 3.05) is 7.05 Å². The molecule has 24 heavy (non-hydrogen) atoms. The quantitative estimate of drug-likeness (QED) is 0.653. The van der Waals surface area contributed by atoms with Gasteiger partial charge in [0, 0.05) is 23.0 Å². The van der Waals surface area contributed by atoms with Crippen LogP contribution in [0, 0.1) is 11.3 Å². The summed E-state index contributed by atoms with van der Waals surface area (Å²) in [5.41, 5.74) is 3.50. The summed E-state index contributed by atoms with van der Waals surface area (Å²) in [7, 11) is 1.74. The fourth-order valence-corrected chi connectivity index (χ4v) is 3.08. The van der Waals surface area contributed by atoms with E-state index in [1.54, 1.807) is 30.1 Å². The Bertz CT molecular complexity index is 974. The van der Waals surface area contributed by atoms with Gasteiger partial charge in [-0.25, -0.2) is 4.68 Å². The zero-order valence-electron chi connectivity index (χ0n) is 12.8. The molecular weight excluding hydrogens is 340 g/mol. The third-order valence-corrected chi connectivity index (χ3v) is 4.54. The standard InChI is InChI=1S/C18H13ClN4S/c1-21-18-23(22-11-14-4-2-13(10-20)3-5-14)17(12-24-18)15-6-8-16(19)9-7-15/h2-9,11-12H,1H3/b21-18?,22-11-. The van der Waals surface area contributed by atoms with Gasteiger partial charge in [-0.3, -0.25) is 4.99 Å². The average molecular weight is 353 g/mol. The molecule has 6 heteroatoms. The van der Waals surface area contributed by atoms with Crippen LogP contribution in [-0.2, 0) is 0 Å². The molecule has 118 valence electrons. The van der Waals surface area contributed by atoms with E-state index in [1.807, 2.05) is 41.8 Å². The number of aromatic nitrogens is 1. The molecule has 0 spiro atoms. The van der Waals surface area contributed by atoms with E-state index in [9.17, 15) is 0 Å². The molecule has 0 amide bonds. The van der Waals surface area contributed by atoms with Crippen LogP contribution in [0.25, 0.3) is 11.3 Å². The topological polar surface area (TPSA) is 53.4 Å². The minimum absolute atomic E-state index is 0.626. The van der Waals surface area contributed by atoms with Crippen LogP contribution in [0.2, 0.25) is 5.02 Å². The van der Waals surface area contributed by atoms with Gasteiger partial charge in [0.05, 0.1) is 23.5 Å². The zero-order valence-corrected chi connectivity index (χ0v) is 14.4. The molecule has 0 aliphatic rings. The van der Waals surface area contributed by atoms with E-state index in [4.69, 9.17) is 16.9 Å². The maximum atomic E-state index is 8.85. The smallest absolute Gasteiger partial charge is 0.205 e.